The smallest absolute Gasteiger partial charge is 0.414 e. The molecule has 0 spiro atoms. The first-order valence-electron chi connectivity index (χ1n) is 12.3. The van der Waals surface area contributed by atoms with Crippen molar-refractivity contribution in [2.24, 2.45) is 5.92 Å². The molecule has 1 aliphatic carbocycles. The minimum Gasteiger partial charge on any atom is -0.481 e. The normalized spacial score (nSPS) is 23.1. The molecule has 4 atom stereocenters. The summed E-state index contributed by atoms with van der Waals surface area (Å²) in [6.07, 6.45) is 2.96. The van der Waals surface area contributed by atoms with Gasteiger partial charge in [-0.05, 0) is 56.7 Å². The Morgan fingerprint density at radius 1 is 1.11 bits per heavy atom. The van der Waals surface area contributed by atoms with Gasteiger partial charge in [-0.2, -0.15) is 0 Å². The van der Waals surface area contributed by atoms with Gasteiger partial charge in [0.25, 0.3) is 0 Å². The van der Waals surface area contributed by atoms with Crippen molar-refractivity contribution in [3.63, 3.8) is 0 Å². The van der Waals surface area contributed by atoms with Crippen LogP contribution in [-0.2, 0) is 16.0 Å². The van der Waals surface area contributed by atoms with Crippen LogP contribution in [0.15, 0.2) is 42.5 Å². The van der Waals surface area contributed by atoms with E-state index in [9.17, 15) is 19.8 Å². The molecule has 1 aliphatic heterocycles. The van der Waals surface area contributed by atoms with E-state index in [2.05, 4.69) is 4.57 Å². The Morgan fingerprint density at radius 3 is 2.60 bits per heavy atom. The molecule has 0 radical (unpaired) electrons. The van der Waals surface area contributed by atoms with Crippen molar-refractivity contribution >= 4 is 28.8 Å². The number of carboxylic acids is 1. The van der Waals surface area contributed by atoms with Gasteiger partial charge in [0, 0.05) is 17.6 Å². The predicted molar refractivity (Wildman–Crippen MR) is 132 cm³/mol. The van der Waals surface area contributed by atoms with Gasteiger partial charge in [-0.3, -0.25) is 9.69 Å². The van der Waals surface area contributed by atoms with Crippen LogP contribution >= 0.6 is 0 Å². The van der Waals surface area contributed by atoms with Crippen molar-refractivity contribution in [1.29, 1.82) is 0 Å². The average molecular weight is 478 g/mol. The lowest BCUT2D eigenvalue weighted by Gasteiger charge is -2.34. The summed E-state index contributed by atoms with van der Waals surface area (Å²) in [6.45, 7) is 2.00. The van der Waals surface area contributed by atoms with Crippen LogP contribution in [0.1, 0.15) is 68.1 Å². The highest BCUT2D eigenvalue weighted by Gasteiger charge is 2.35. The summed E-state index contributed by atoms with van der Waals surface area (Å²) in [5.74, 6) is -0.676. The number of aryl methyl sites for hydroxylation is 1. The SMILES string of the molecule is COC(=O)N1c2ccc3c(nc(C(O)c4ccccc4)n3C3CCCC(C(=O)O)C3)c2CCC1C. The van der Waals surface area contributed by atoms with E-state index < -0.39 is 24.1 Å². The zero-order chi connectivity index (χ0) is 24.7. The number of aliphatic hydroxyl groups excluding tert-OH is 1. The monoisotopic (exact) mass is 477 g/mol. The number of methoxy groups -OCH3 is 1. The third-order valence-electron chi connectivity index (χ3n) is 7.57. The third-order valence-corrected chi connectivity index (χ3v) is 7.57. The number of benzene rings is 2. The van der Waals surface area contributed by atoms with Crippen LogP contribution in [0.4, 0.5) is 10.5 Å². The van der Waals surface area contributed by atoms with Crippen LogP contribution in [0, 0.1) is 5.92 Å². The topological polar surface area (TPSA) is 105 Å². The van der Waals surface area contributed by atoms with Crippen LogP contribution in [0.5, 0.6) is 0 Å². The predicted octanol–water partition coefficient (Wildman–Crippen LogP) is 4.84. The van der Waals surface area contributed by atoms with Crippen LogP contribution in [-0.4, -0.2) is 45.0 Å². The molecule has 5 rings (SSSR count). The maximum atomic E-state index is 12.6. The van der Waals surface area contributed by atoms with Crippen molar-refractivity contribution in [3.05, 3.63) is 59.4 Å². The molecular formula is C27H31N3O5. The van der Waals surface area contributed by atoms with E-state index in [0.29, 0.717) is 18.7 Å². The quantitative estimate of drug-likeness (QED) is 0.557. The largest absolute Gasteiger partial charge is 0.481 e. The Hall–Kier alpha value is -3.39. The Morgan fingerprint density at radius 2 is 1.89 bits per heavy atom. The molecular weight excluding hydrogens is 446 g/mol. The van der Waals surface area contributed by atoms with Crippen molar-refractivity contribution in [3.8, 4) is 0 Å². The molecule has 2 aliphatic rings. The van der Waals surface area contributed by atoms with E-state index >= 15 is 0 Å². The number of ether oxygens (including phenoxy) is 1. The van der Waals surface area contributed by atoms with Crippen LogP contribution in [0.25, 0.3) is 11.0 Å². The lowest BCUT2D eigenvalue weighted by Crippen LogP contribution is -2.42. The zero-order valence-corrected chi connectivity index (χ0v) is 20.1. The minimum atomic E-state index is -0.955. The molecule has 4 unspecified atom stereocenters. The number of fused-ring (bicyclic) bond motifs is 3. The second kappa shape index (κ2) is 9.34. The van der Waals surface area contributed by atoms with E-state index in [-0.39, 0.29) is 12.1 Å². The number of imidazole rings is 1. The number of aromatic nitrogens is 2. The number of aliphatic hydroxyl groups is 1. The van der Waals surface area contributed by atoms with Crippen molar-refractivity contribution in [2.75, 3.05) is 12.0 Å². The number of anilines is 1. The Bertz CT molecular complexity index is 1250. The van der Waals surface area contributed by atoms with Crippen LogP contribution in [0.3, 0.4) is 0 Å². The Balaban J connectivity index is 1.69. The third kappa shape index (κ3) is 4.05. The van der Waals surface area contributed by atoms with Crippen molar-refractivity contribution in [1.82, 2.24) is 9.55 Å². The van der Waals surface area contributed by atoms with E-state index in [4.69, 9.17) is 9.72 Å². The summed E-state index contributed by atoms with van der Waals surface area (Å²) in [5.41, 5.74) is 4.08. The summed E-state index contributed by atoms with van der Waals surface area (Å²) >= 11 is 0. The standard InChI is InChI=1S/C27H31N3O5/c1-16-11-12-20-21(29(16)27(34)35-2)13-14-22-23(20)28-25(24(31)17-7-4-3-5-8-17)30(22)19-10-6-9-18(15-19)26(32)33/h3-5,7-8,13-14,16,18-19,24,31H,6,9-12,15H2,1-2H3,(H,32,33). The number of carbonyl (C=O) groups is 2. The first-order chi connectivity index (χ1) is 16.9. The summed E-state index contributed by atoms with van der Waals surface area (Å²) in [4.78, 5) is 31.0. The summed E-state index contributed by atoms with van der Waals surface area (Å²) in [7, 11) is 1.38. The second-order valence-electron chi connectivity index (χ2n) is 9.67. The average Bonchev–Trinajstić information content (AvgIpc) is 3.28. The Kier molecular flexibility index (Phi) is 6.23. The first-order valence-corrected chi connectivity index (χ1v) is 12.3. The maximum absolute atomic E-state index is 12.6. The van der Waals surface area contributed by atoms with Crippen molar-refractivity contribution < 1.29 is 24.5 Å². The molecule has 3 aromatic rings. The lowest BCUT2D eigenvalue weighted by molar-refractivity contribution is -0.143. The molecule has 2 heterocycles. The van der Waals surface area contributed by atoms with Gasteiger partial charge in [-0.1, -0.05) is 36.8 Å². The minimum absolute atomic E-state index is 0.00136. The molecule has 2 N–H and O–H groups in total. The fourth-order valence-electron chi connectivity index (χ4n) is 5.78. The van der Waals surface area contributed by atoms with E-state index in [0.717, 1.165) is 53.5 Å². The number of nitrogens with zero attached hydrogens (tertiary/aromatic N) is 3. The molecule has 0 saturated heterocycles. The van der Waals surface area contributed by atoms with Gasteiger partial charge in [0.1, 0.15) is 11.9 Å². The van der Waals surface area contributed by atoms with Crippen molar-refractivity contribution in [2.45, 2.75) is 63.6 Å². The number of carbonyl (C=O) groups excluding carboxylic acids is 1. The van der Waals surface area contributed by atoms with Gasteiger partial charge in [0.05, 0.1) is 29.7 Å². The van der Waals surface area contributed by atoms with E-state index in [1.807, 2.05) is 49.4 Å². The van der Waals surface area contributed by atoms with E-state index in [1.165, 1.54) is 7.11 Å². The molecule has 2 aromatic carbocycles. The number of amides is 1. The van der Waals surface area contributed by atoms with E-state index in [1.54, 1.807) is 4.90 Å². The van der Waals surface area contributed by atoms with Gasteiger partial charge in [-0.15, -0.1) is 0 Å². The van der Waals surface area contributed by atoms with Gasteiger partial charge in [-0.25, -0.2) is 9.78 Å². The molecule has 35 heavy (non-hydrogen) atoms. The molecule has 1 aromatic heterocycles. The van der Waals surface area contributed by atoms with Gasteiger partial charge in [0.15, 0.2) is 0 Å². The maximum Gasteiger partial charge on any atom is 0.414 e. The molecule has 0 bridgehead atoms. The summed E-state index contributed by atoms with van der Waals surface area (Å²) in [5, 5.41) is 21.1. The number of carboxylic acid groups (broad SMARTS) is 1. The molecule has 1 amide bonds. The molecule has 8 nitrogen and oxygen atoms in total. The molecule has 1 saturated carbocycles. The highest BCUT2D eigenvalue weighted by Crippen LogP contribution is 2.42. The second-order valence-corrected chi connectivity index (χ2v) is 9.67. The van der Waals surface area contributed by atoms with Crippen LogP contribution < -0.4 is 4.90 Å². The lowest BCUT2D eigenvalue weighted by atomic mass is 9.85. The van der Waals surface area contributed by atoms with Gasteiger partial charge < -0.3 is 19.5 Å². The fraction of sp³-hybridized carbons (Fsp3) is 0.444. The first kappa shape index (κ1) is 23.4. The van der Waals surface area contributed by atoms with Crippen LogP contribution in [0.2, 0.25) is 0 Å². The number of hydrogen-bond donors (Lipinski definition) is 2. The molecule has 184 valence electrons. The summed E-state index contributed by atoms with van der Waals surface area (Å²) < 4.78 is 7.11. The fourth-order valence-corrected chi connectivity index (χ4v) is 5.78. The number of hydrogen-bond acceptors (Lipinski definition) is 5. The molecule has 1 fully saturated rings. The van der Waals surface area contributed by atoms with Gasteiger partial charge in [0.2, 0.25) is 0 Å². The number of rotatable bonds is 4. The summed E-state index contributed by atoms with van der Waals surface area (Å²) in [6, 6.07) is 13.2. The highest BCUT2D eigenvalue weighted by atomic mass is 16.5. The molecule has 8 heteroatoms. The Labute approximate surface area is 204 Å². The van der Waals surface area contributed by atoms with Gasteiger partial charge >= 0.3 is 12.1 Å². The zero-order valence-electron chi connectivity index (χ0n) is 20.1. The highest BCUT2D eigenvalue weighted by molar-refractivity contribution is 5.95. The number of aliphatic carboxylic acids is 1.